The zero-order chi connectivity index (χ0) is 15.8. The van der Waals surface area contributed by atoms with Crippen LogP contribution < -0.4 is 0 Å². The lowest BCUT2D eigenvalue weighted by molar-refractivity contribution is -0.376. The third kappa shape index (κ3) is 3.89. The quantitative estimate of drug-likeness (QED) is 0.410. The highest BCUT2D eigenvalue weighted by atomic mass is 16.6. The number of nitrogens with zero attached hydrogens (tertiary/aromatic N) is 2. The normalized spacial score (nSPS) is 10.6. The van der Waals surface area contributed by atoms with Crippen molar-refractivity contribution in [1.82, 2.24) is 4.98 Å². The molecule has 3 rings (SSSR count). The molecule has 0 spiro atoms. The lowest BCUT2D eigenvalue weighted by Crippen LogP contribution is -1.95. The van der Waals surface area contributed by atoms with E-state index in [0.717, 1.165) is 5.52 Å². The fourth-order valence-electron chi connectivity index (χ4n) is 1.78. The molecule has 0 aliphatic rings. The molecule has 0 atom stereocenters. The molecule has 22 heavy (non-hydrogen) atoms. The van der Waals surface area contributed by atoms with E-state index in [9.17, 15) is 10.1 Å². The Morgan fingerprint density at radius 3 is 2.59 bits per heavy atom. The summed E-state index contributed by atoms with van der Waals surface area (Å²) in [5.74, 6) is 0.236. The summed E-state index contributed by atoms with van der Waals surface area (Å²) in [4.78, 5) is 14.1. The first kappa shape index (κ1) is 15.2. The molecule has 110 valence electrons. The van der Waals surface area contributed by atoms with Crippen LogP contribution in [0.4, 0.5) is 0 Å². The van der Waals surface area contributed by atoms with Gasteiger partial charge in [0.15, 0.2) is 0 Å². The summed E-state index contributed by atoms with van der Waals surface area (Å²) in [6.45, 7) is 3.37. The number of nitro groups is 1. The Labute approximate surface area is 127 Å². The fraction of sp³-hybridized carbons (Fsp3) is 0. The Bertz CT molecular complexity index is 727. The van der Waals surface area contributed by atoms with Crippen molar-refractivity contribution in [3.63, 3.8) is 0 Å². The van der Waals surface area contributed by atoms with E-state index < -0.39 is 4.92 Å². The van der Waals surface area contributed by atoms with Crippen LogP contribution >= 0.6 is 0 Å². The van der Waals surface area contributed by atoms with E-state index in [2.05, 4.69) is 23.7 Å². The predicted octanol–water partition coefficient (Wildman–Crippen LogP) is 4.32. The Morgan fingerprint density at radius 1 is 1.18 bits per heavy atom. The number of aromatic nitrogens is 1. The van der Waals surface area contributed by atoms with E-state index in [0.29, 0.717) is 0 Å². The van der Waals surface area contributed by atoms with E-state index in [4.69, 9.17) is 4.42 Å². The molecule has 0 aliphatic heterocycles. The number of rotatable bonds is 3. The summed E-state index contributed by atoms with van der Waals surface area (Å²) in [5, 5.41) is 11.6. The summed E-state index contributed by atoms with van der Waals surface area (Å²) >= 11 is 0. The molecule has 5 heteroatoms. The molecule has 0 amide bonds. The third-order valence-corrected chi connectivity index (χ3v) is 2.76. The van der Waals surface area contributed by atoms with Gasteiger partial charge in [-0.3, -0.25) is 15.1 Å². The van der Waals surface area contributed by atoms with Gasteiger partial charge in [0.25, 0.3) is 0 Å². The van der Waals surface area contributed by atoms with Crippen molar-refractivity contribution in [2.45, 2.75) is 0 Å². The molecule has 2 heterocycles. The van der Waals surface area contributed by atoms with Gasteiger partial charge in [-0.25, -0.2) is 0 Å². The van der Waals surface area contributed by atoms with Crippen molar-refractivity contribution in [2.75, 3.05) is 0 Å². The number of benzene rings is 1. The van der Waals surface area contributed by atoms with Gasteiger partial charge in [-0.15, -0.1) is 0 Å². The standard InChI is InChI=1S/C9H7N.C8H7NO3/c1-2-6-9-8(4-1)5-3-7-10-9;1-2-4-7(9(10)11)8-5-3-6-12-8/h1-7H;2-6H,1H2. The molecule has 3 aromatic rings. The molecule has 0 unspecified atom stereocenters. The topological polar surface area (TPSA) is 69.2 Å². The van der Waals surface area contributed by atoms with Crippen LogP contribution in [-0.4, -0.2) is 9.91 Å². The van der Waals surface area contributed by atoms with Crippen LogP contribution in [0.25, 0.3) is 16.6 Å². The lowest BCUT2D eigenvalue weighted by Gasteiger charge is -1.91. The van der Waals surface area contributed by atoms with E-state index in [-0.39, 0.29) is 11.5 Å². The summed E-state index contributed by atoms with van der Waals surface area (Å²) in [6, 6.07) is 15.2. The molecule has 0 saturated heterocycles. The van der Waals surface area contributed by atoms with Gasteiger partial charge in [0.05, 0.1) is 16.7 Å². The van der Waals surface area contributed by atoms with Gasteiger partial charge >= 0.3 is 5.70 Å². The van der Waals surface area contributed by atoms with Gasteiger partial charge in [-0.05, 0) is 24.3 Å². The maximum atomic E-state index is 10.4. The van der Waals surface area contributed by atoms with Crippen molar-refractivity contribution in [3.8, 4) is 0 Å². The van der Waals surface area contributed by atoms with Crippen molar-refractivity contribution < 1.29 is 9.34 Å². The fourth-order valence-corrected chi connectivity index (χ4v) is 1.78. The third-order valence-electron chi connectivity index (χ3n) is 2.76. The zero-order valence-corrected chi connectivity index (χ0v) is 11.8. The van der Waals surface area contributed by atoms with Gasteiger partial charge in [0, 0.05) is 17.7 Å². The first-order chi connectivity index (χ1) is 10.7. The highest BCUT2D eigenvalue weighted by Gasteiger charge is 2.14. The second kappa shape index (κ2) is 7.54. The number of allylic oxidation sites excluding steroid dienone is 2. The van der Waals surface area contributed by atoms with Crippen molar-refractivity contribution in [3.05, 3.63) is 95.6 Å². The van der Waals surface area contributed by atoms with Crippen LogP contribution in [0.2, 0.25) is 0 Å². The first-order valence-corrected chi connectivity index (χ1v) is 6.53. The Hall–Kier alpha value is -3.21. The number of pyridine rings is 1. The van der Waals surface area contributed by atoms with Crippen LogP contribution in [0.15, 0.2) is 84.1 Å². The maximum absolute atomic E-state index is 10.4. The van der Waals surface area contributed by atoms with Crippen molar-refractivity contribution >= 4 is 16.6 Å². The minimum Gasteiger partial charge on any atom is -0.458 e. The summed E-state index contributed by atoms with van der Waals surface area (Å²) in [7, 11) is 0. The molecule has 0 N–H and O–H groups in total. The van der Waals surface area contributed by atoms with E-state index >= 15 is 0 Å². The smallest absolute Gasteiger partial charge is 0.311 e. The van der Waals surface area contributed by atoms with Gasteiger partial charge in [-0.2, -0.15) is 0 Å². The minimum atomic E-state index is -0.513. The van der Waals surface area contributed by atoms with Crippen molar-refractivity contribution in [2.24, 2.45) is 0 Å². The Kier molecular flexibility index (Phi) is 5.20. The van der Waals surface area contributed by atoms with Gasteiger partial charge in [-0.1, -0.05) is 36.9 Å². The molecule has 0 fully saturated rings. The van der Waals surface area contributed by atoms with Gasteiger partial charge in [0.2, 0.25) is 5.76 Å². The number of furan rings is 1. The molecule has 0 radical (unpaired) electrons. The average Bonchev–Trinajstić information content (AvgIpc) is 3.07. The van der Waals surface area contributed by atoms with E-state index in [1.54, 1.807) is 6.07 Å². The highest BCUT2D eigenvalue weighted by Crippen LogP contribution is 2.14. The second-order valence-electron chi connectivity index (χ2n) is 4.22. The minimum absolute atomic E-state index is 0.0880. The Balaban J connectivity index is 0.000000162. The largest absolute Gasteiger partial charge is 0.458 e. The van der Waals surface area contributed by atoms with E-state index in [1.807, 2.05) is 30.5 Å². The van der Waals surface area contributed by atoms with Gasteiger partial charge in [0.1, 0.15) is 0 Å². The summed E-state index contributed by atoms with van der Waals surface area (Å²) in [5.41, 5.74) is 0.972. The number of hydrogen-bond donors (Lipinski definition) is 0. The molecule has 1 aromatic carbocycles. The SMILES string of the molecule is C=CC=C(c1ccco1)[N+](=O)[O-].c1ccc2ncccc2c1. The Morgan fingerprint density at radius 2 is 1.95 bits per heavy atom. The summed E-state index contributed by atoms with van der Waals surface area (Å²) < 4.78 is 4.85. The number of fused-ring (bicyclic) bond motifs is 1. The molecular formula is C17H14N2O3. The molecule has 0 saturated carbocycles. The number of para-hydroxylation sites is 1. The zero-order valence-electron chi connectivity index (χ0n) is 11.8. The molecular weight excluding hydrogens is 280 g/mol. The molecule has 2 aromatic heterocycles. The maximum Gasteiger partial charge on any atom is 0.311 e. The lowest BCUT2D eigenvalue weighted by atomic mass is 10.2. The average molecular weight is 294 g/mol. The summed E-state index contributed by atoms with van der Waals surface area (Å²) in [6.07, 6.45) is 5.83. The van der Waals surface area contributed by atoms with E-state index in [1.165, 1.54) is 29.9 Å². The molecule has 0 aliphatic carbocycles. The highest BCUT2D eigenvalue weighted by molar-refractivity contribution is 5.77. The monoisotopic (exact) mass is 294 g/mol. The van der Waals surface area contributed by atoms with Crippen LogP contribution in [-0.2, 0) is 0 Å². The van der Waals surface area contributed by atoms with Crippen molar-refractivity contribution in [1.29, 1.82) is 0 Å². The van der Waals surface area contributed by atoms with Crippen LogP contribution in [0.3, 0.4) is 0 Å². The molecule has 0 bridgehead atoms. The molecule has 5 nitrogen and oxygen atoms in total. The predicted molar refractivity (Wildman–Crippen MR) is 85.6 cm³/mol. The van der Waals surface area contributed by atoms with Gasteiger partial charge < -0.3 is 4.42 Å². The van der Waals surface area contributed by atoms with Crippen LogP contribution in [0.5, 0.6) is 0 Å². The number of hydrogen-bond acceptors (Lipinski definition) is 4. The first-order valence-electron chi connectivity index (χ1n) is 6.53. The van der Waals surface area contributed by atoms with Crippen LogP contribution in [0, 0.1) is 10.1 Å². The van der Waals surface area contributed by atoms with Crippen LogP contribution in [0.1, 0.15) is 5.76 Å². The second-order valence-corrected chi connectivity index (χ2v) is 4.22.